The molecule has 1 aliphatic heterocycles. The van der Waals surface area contributed by atoms with E-state index in [4.69, 9.17) is 23.7 Å². The number of hydrogen-bond acceptors (Lipinski definition) is 9. The van der Waals surface area contributed by atoms with Crippen molar-refractivity contribution in [2.45, 2.75) is 114 Å². The number of carbonyl (C=O) groups is 4. The van der Waals surface area contributed by atoms with Crippen LogP contribution in [0.15, 0.2) is 0 Å². The van der Waals surface area contributed by atoms with Gasteiger partial charge < -0.3 is 23.7 Å². The molecule has 1 aliphatic rings. The molecule has 0 aliphatic carbocycles. The zero-order valence-corrected chi connectivity index (χ0v) is 23.6. The molecular weight excluding hydrogens is 475 g/mol. The quantitative estimate of drug-likeness (QED) is 0.391. The van der Waals surface area contributed by atoms with Crippen molar-refractivity contribution in [1.29, 1.82) is 0 Å². The van der Waals surface area contributed by atoms with E-state index in [1.165, 1.54) is 0 Å². The third kappa shape index (κ3) is 8.71. The van der Waals surface area contributed by atoms with E-state index in [0.29, 0.717) is 0 Å². The Balaban J connectivity index is 3.50. The van der Waals surface area contributed by atoms with Crippen LogP contribution in [-0.4, -0.2) is 61.3 Å². The number of halogens is 1. The number of hydrogen-bond donors (Lipinski definition) is 0. The number of alkyl halides is 1. The van der Waals surface area contributed by atoms with Crippen LogP contribution in [0.4, 0.5) is 4.39 Å². The lowest BCUT2D eigenvalue weighted by Gasteiger charge is -2.43. The summed E-state index contributed by atoms with van der Waals surface area (Å²) in [5, 5.41) is 0. The molecule has 9 nitrogen and oxygen atoms in total. The molecule has 0 aromatic rings. The first-order valence-corrected chi connectivity index (χ1v) is 12.1. The third-order valence-corrected chi connectivity index (χ3v) is 5.13. The Morgan fingerprint density at radius 2 is 0.917 bits per heavy atom. The summed E-state index contributed by atoms with van der Waals surface area (Å²) in [4.78, 5) is 50.7. The van der Waals surface area contributed by atoms with Crippen LogP contribution in [-0.2, 0) is 42.9 Å². The van der Waals surface area contributed by atoms with Crippen molar-refractivity contribution in [3.05, 3.63) is 0 Å². The van der Waals surface area contributed by atoms with Gasteiger partial charge in [0.25, 0.3) is 0 Å². The molecule has 1 saturated heterocycles. The molecule has 0 saturated carbocycles. The minimum Gasteiger partial charge on any atom is -0.462 e. The van der Waals surface area contributed by atoms with Crippen LogP contribution in [0.1, 0.15) is 83.1 Å². The molecule has 0 aromatic heterocycles. The molecule has 1 heterocycles. The van der Waals surface area contributed by atoms with Crippen LogP contribution in [0.3, 0.4) is 0 Å². The Labute approximate surface area is 213 Å². The first-order valence-electron chi connectivity index (χ1n) is 12.1. The van der Waals surface area contributed by atoms with Gasteiger partial charge in [-0.3, -0.25) is 19.2 Å². The molecule has 1 fully saturated rings. The molecule has 0 N–H and O–H groups in total. The van der Waals surface area contributed by atoms with Crippen LogP contribution in [0.5, 0.6) is 0 Å². The van der Waals surface area contributed by atoms with Gasteiger partial charge >= 0.3 is 23.9 Å². The molecule has 5 atom stereocenters. The van der Waals surface area contributed by atoms with Gasteiger partial charge in [-0.05, 0) is 83.1 Å². The van der Waals surface area contributed by atoms with E-state index in [0.717, 1.165) is 0 Å². The Hall–Kier alpha value is -2.23. The van der Waals surface area contributed by atoms with Gasteiger partial charge in [0.1, 0.15) is 12.7 Å². The average Bonchev–Trinajstić information content (AvgIpc) is 2.67. The van der Waals surface area contributed by atoms with E-state index >= 15 is 4.39 Å². The van der Waals surface area contributed by atoms with Gasteiger partial charge in [0.15, 0.2) is 18.3 Å². The van der Waals surface area contributed by atoms with E-state index in [1.54, 1.807) is 83.1 Å². The highest BCUT2D eigenvalue weighted by Crippen LogP contribution is 2.34. The molecule has 208 valence electrons. The summed E-state index contributed by atoms with van der Waals surface area (Å²) in [6.07, 6.45) is -8.30. The highest BCUT2D eigenvalue weighted by Gasteiger charge is 2.55. The van der Waals surface area contributed by atoms with Gasteiger partial charge in [-0.25, -0.2) is 4.39 Å². The predicted octanol–water partition coefficient (Wildman–Crippen LogP) is 4.14. The van der Waals surface area contributed by atoms with Gasteiger partial charge in [-0.15, -0.1) is 0 Å². The summed E-state index contributed by atoms with van der Waals surface area (Å²) in [6, 6.07) is 0. The summed E-state index contributed by atoms with van der Waals surface area (Å²) in [5.74, 6) is -2.79. The third-order valence-electron chi connectivity index (χ3n) is 5.13. The van der Waals surface area contributed by atoms with Crippen molar-refractivity contribution >= 4 is 23.9 Å². The number of carbonyl (C=O) groups excluding carboxylic acids is 4. The highest BCUT2D eigenvalue weighted by molar-refractivity contribution is 5.78. The van der Waals surface area contributed by atoms with Gasteiger partial charge in [0, 0.05) is 0 Å². The number of ether oxygens (including phenoxy) is 5. The molecule has 36 heavy (non-hydrogen) atoms. The van der Waals surface area contributed by atoms with Crippen LogP contribution in [0.2, 0.25) is 0 Å². The first-order chi connectivity index (χ1) is 16.0. The SMILES string of the molecule is CC(C)(C)C(=O)OC[C@H]1O[C@H](F)[C@@H](OC(=O)C(C)(C)C)[C@@H](OC(=O)C(C)(C)C)[C@@H]1OC(=O)C(C)(C)C. The van der Waals surface area contributed by atoms with Crippen molar-refractivity contribution in [3.8, 4) is 0 Å². The molecule has 0 radical (unpaired) electrons. The molecule has 1 rings (SSSR count). The molecule has 0 unspecified atom stereocenters. The van der Waals surface area contributed by atoms with Crippen molar-refractivity contribution in [2.75, 3.05) is 6.61 Å². The van der Waals surface area contributed by atoms with E-state index in [2.05, 4.69) is 0 Å². The summed E-state index contributed by atoms with van der Waals surface area (Å²) >= 11 is 0. The van der Waals surface area contributed by atoms with Crippen LogP contribution >= 0.6 is 0 Å². The average molecular weight is 519 g/mol. The summed E-state index contributed by atoms with van der Waals surface area (Å²) in [6.45, 7) is 18.8. The van der Waals surface area contributed by atoms with Gasteiger partial charge in [-0.1, -0.05) is 0 Å². The lowest BCUT2D eigenvalue weighted by molar-refractivity contribution is -0.283. The maximum atomic E-state index is 15.4. The van der Waals surface area contributed by atoms with Crippen LogP contribution in [0.25, 0.3) is 0 Å². The standard InChI is InChI=1S/C26H43FO9/c1-23(2,3)19(28)32-13-14-15(34-20(29)24(4,5)6)16(35-21(30)25(7,8)9)17(18(27)33-14)36-22(31)26(10,11)12/h14-18H,13H2,1-12H3/t14-,15-,16+,17+,18+/m1/s1. The zero-order valence-electron chi connectivity index (χ0n) is 23.6. The normalized spacial score (nSPS) is 25.5. The minimum atomic E-state index is -2.25. The van der Waals surface area contributed by atoms with Crippen molar-refractivity contribution in [1.82, 2.24) is 0 Å². The Kier molecular flexibility index (Phi) is 9.74. The number of esters is 4. The largest absolute Gasteiger partial charge is 0.462 e. The molecule has 0 amide bonds. The second-order valence-electron chi connectivity index (χ2n) is 13.2. The maximum absolute atomic E-state index is 15.4. The van der Waals surface area contributed by atoms with Crippen molar-refractivity contribution in [2.24, 2.45) is 21.7 Å². The van der Waals surface area contributed by atoms with Crippen LogP contribution in [0, 0.1) is 21.7 Å². The maximum Gasteiger partial charge on any atom is 0.311 e. The monoisotopic (exact) mass is 518 g/mol. The van der Waals surface area contributed by atoms with Gasteiger partial charge in [0.05, 0.1) is 21.7 Å². The molecule has 0 bridgehead atoms. The van der Waals surface area contributed by atoms with E-state index < -0.39 is 82.9 Å². The second-order valence-corrected chi connectivity index (χ2v) is 13.2. The lowest BCUT2D eigenvalue weighted by atomic mass is 9.93. The fraction of sp³-hybridized carbons (Fsp3) is 0.846. The van der Waals surface area contributed by atoms with Crippen molar-refractivity contribution in [3.63, 3.8) is 0 Å². The Bertz CT molecular complexity index is 824. The van der Waals surface area contributed by atoms with Crippen LogP contribution < -0.4 is 0 Å². The fourth-order valence-electron chi connectivity index (χ4n) is 2.68. The summed E-state index contributed by atoms with van der Waals surface area (Å²) < 4.78 is 42.8. The lowest BCUT2D eigenvalue weighted by Crippen LogP contribution is -2.62. The predicted molar refractivity (Wildman–Crippen MR) is 128 cm³/mol. The second kappa shape index (κ2) is 11.0. The number of rotatable bonds is 5. The smallest absolute Gasteiger partial charge is 0.311 e. The Morgan fingerprint density at radius 3 is 1.28 bits per heavy atom. The molecule has 10 heteroatoms. The Morgan fingerprint density at radius 1 is 0.583 bits per heavy atom. The summed E-state index contributed by atoms with van der Waals surface area (Å²) in [7, 11) is 0. The van der Waals surface area contributed by atoms with E-state index in [9.17, 15) is 19.2 Å². The molecule has 0 aromatic carbocycles. The van der Waals surface area contributed by atoms with Crippen molar-refractivity contribution < 1.29 is 47.3 Å². The fourth-order valence-corrected chi connectivity index (χ4v) is 2.68. The van der Waals surface area contributed by atoms with E-state index in [-0.39, 0.29) is 0 Å². The summed E-state index contributed by atoms with van der Waals surface area (Å²) in [5.41, 5.74) is -3.84. The van der Waals surface area contributed by atoms with Gasteiger partial charge in [0.2, 0.25) is 6.36 Å². The van der Waals surface area contributed by atoms with Gasteiger partial charge in [-0.2, -0.15) is 0 Å². The molecular formula is C26H43FO9. The first kappa shape index (κ1) is 31.8. The highest BCUT2D eigenvalue weighted by atomic mass is 19.1. The minimum absolute atomic E-state index is 0.484. The molecule has 0 spiro atoms. The zero-order chi connectivity index (χ0) is 28.4. The topological polar surface area (TPSA) is 114 Å². The van der Waals surface area contributed by atoms with E-state index in [1.807, 2.05) is 0 Å².